The third-order valence-corrected chi connectivity index (χ3v) is 4.22. The number of hydrazone groups is 1. The van der Waals surface area contributed by atoms with Crippen LogP contribution in [0.4, 0.5) is 0 Å². The van der Waals surface area contributed by atoms with Crippen molar-refractivity contribution in [2.45, 2.75) is 33.3 Å². The Bertz CT molecular complexity index is 778. The van der Waals surface area contributed by atoms with Crippen LogP contribution in [0.25, 0.3) is 0 Å². The number of carbonyl (C=O) groups excluding carboxylic acids is 1. The van der Waals surface area contributed by atoms with Crippen molar-refractivity contribution >= 4 is 11.8 Å². The average molecular weight is 382 g/mol. The first-order valence-electron chi connectivity index (χ1n) is 9.43. The molecule has 0 fully saturated rings. The molecule has 2 aromatic rings. The van der Waals surface area contributed by atoms with Gasteiger partial charge in [-0.2, -0.15) is 5.01 Å². The minimum Gasteiger partial charge on any atom is -0.452 e. The van der Waals surface area contributed by atoms with Crippen LogP contribution >= 0.6 is 0 Å². The van der Waals surface area contributed by atoms with Gasteiger partial charge in [0.2, 0.25) is 5.90 Å². The summed E-state index contributed by atoms with van der Waals surface area (Å²) >= 11 is 0. The summed E-state index contributed by atoms with van der Waals surface area (Å²) < 4.78 is 17.1. The highest BCUT2D eigenvalue weighted by Gasteiger charge is 2.34. The first-order chi connectivity index (χ1) is 13.6. The van der Waals surface area contributed by atoms with E-state index in [2.05, 4.69) is 5.10 Å². The van der Waals surface area contributed by atoms with E-state index in [0.717, 1.165) is 11.1 Å². The normalized spacial score (nSPS) is 16.2. The molecule has 6 heteroatoms. The van der Waals surface area contributed by atoms with E-state index in [4.69, 9.17) is 14.2 Å². The molecule has 0 saturated carbocycles. The van der Waals surface area contributed by atoms with Crippen LogP contribution in [0.3, 0.4) is 0 Å². The van der Waals surface area contributed by atoms with Crippen molar-refractivity contribution in [3.63, 3.8) is 0 Å². The molecule has 0 spiro atoms. The van der Waals surface area contributed by atoms with Gasteiger partial charge in [-0.3, -0.25) is 4.79 Å². The molecule has 0 N–H and O–H groups in total. The van der Waals surface area contributed by atoms with E-state index in [1.54, 1.807) is 0 Å². The van der Waals surface area contributed by atoms with E-state index >= 15 is 0 Å². The second kappa shape index (κ2) is 10.0. The Morgan fingerprint density at radius 1 is 0.964 bits per heavy atom. The highest BCUT2D eigenvalue weighted by Crippen LogP contribution is 2.20. The van der Waals surface area contributed by atoms with Gasteiger partial charge in [-0.25, -0.2) is 0 Å². The molecule has 0 bridgehead atoms. The zero-order valence-electron chi connectivity index (χ0n) is 16.3. The highest BCUT2D eigenvalue weighted by molar-refractivity contribution is 5.84. The van der Waals surface area contributed by atoms with Crippen LogP contribution in [0.2, 0.25) is 0 Å². The lowest BCUT2D eigenvalue weighted by Gasteiger charge is -2.23. The lowest BCUT2D eigenvalue weighted by Crippen LogP contribution is -2.39. The van der Waals surface area contributed by atoms with Gasteiger partial charge in [-0.05, 0) is 11.1 Å². The topological polar surface area (TPSA) is 60.4 Å². The molecule has 1 atom stereocenters. The molecule has 0 radical (unpaired) electrons. The van der Waals surface area contributed by atoms with E-state index in [-0.39, 0.29) is 25.0 Å². The number of nitrogens with zero attached hydrogens (tertiary/aromatic N) is 2. The standard InChI is InChI=1S/C22H26N2O4/c1-17(2)22-24(21(25)16-27-14-19-11-7-4-8-12-19)23-20(28-22)15-26-13-18-9-5-3-6-10-18/h3-12,17,22H,13-16H2,1-2H3. The SMILES string of the molecule is CC(C)C1OC(COCc2ccccc2)=NN1C(=O)COCc1ccccc1. The van der Waals surface area contributed by atoms with E-state index in [0.29, 0.717) is 19.1 Å². The zero-order valence-corrected chi connectivity index (χ0v) is 16.3. The summed E-state index contributed by atoms with van der Waals surface area (Å²) in [6.45, 7) is 4.97. The van der Waals surface area contributed by atoms with E-state index in [1.807, 2.05) is 74.5 Å². The van der Waals surface area contributed by atoms with Crippen LogP contribution in [0.1, 0.15) is 25.0 Å². The Morgan fingerprint density at radius 3 is 2.11 bits per heavy atom. The minimum absolute atomic E-state index is 0.0525. The first-order valence-corrected chi connectivity index (χ1v) is 9.43. The van der Waals surface area contributed by atoms with Crippen LogP contribution < -0.4 is 0 Å². The molecular weight excluding hydrogens is 356 g/mol. The number of amides is 1. The maximum atomic E-state index is 12.6. The van der Waals surface area contributed by atoms with Crippen LogP contribution in [0.15, 0.2) is 65.8 Å². The van der Waals surface area contributed by atoms with Crippen molar-refractivity contribution in [3.8, 4) is 0 Å². The maximum absolute atomic E-state index is 12.6. The van der Waals surface area contributed by atoms with E-state index in [9.17, 15) is 4.79 Å². The third kappa shape index (κ3) is 5.65. The minimum atomic E-state index is -0.442. The fourth-order valence-corrected chi connectivity index (χ4v) is 2.80. The second-order valence-corrected chi connectivity index (χ2v) is 6.94. The van der Waals surface area contributed by atoms with E-state index in [1.165, 1.54) is 5.01 Å². The summed E-state index contributed by atoms with van der Waals surface area (Å²) in [6, 6.07) is 19.6. The van der Waals surface area contributed by atoms with Gasteiger partial charge in [0.1, 0.15) is 13.2 Å². The van der Waals surface area contributed by atoms with Gasteiger partial charge in [0.15, 0.2) is 6.23 Å². The maximum Gasteiger partial charge on any atom is 0.272 e. The first kappa shape index (κ1) is 20.0. The summed E-state index contributed by atoms with van der Waals surface area (Å²) in [6.07, 6.45) is -0.442. The monoisotopic (exact) mass is 382 g/mol. The quantitative estimate of drug-likeness (QED) is 0.665. The smallest absolute Gasteiger partial charge is 0.272 e. The Kier molecular flexibility index (Phi) is 7.17. The molecule has 2 aromatic carbocycles. The lowest BCUT2D eigenvalue weighted by molar-refractivity contribution is -0.145. The van der Waals surface area contributed by atoms with Crippen LogP contribution in [-0.2, 0) is 32.2 Å². The van der Waals surface area contributed by atoms with Crippen LogP contribution in [-0.4, -0.2) is 36.3 Å². The molecule has 0 aliphatic carbocycles. The number of benzene rings is 2. The molecule has 0 aromatic heterocycles. The van der Waals surface area contributed by atoms with Crippen LogP contribution in [0, 0.1) is 5.92 Å². The Labute approximate surface area is 165 Å². The van der Waals surface area contributed by atoms with Gasteiger partial charge in [-0.1, -0.05) is 74.5 Å². The van der Waals surface area contributed by atoms with Gasteiger partial charge in [0.25, 0.3) is 5.91 Å². The van der Waals surface area contributed by atoms with Crippen molar-refractivity contribution in [3.05, 3.63) is 71.8 Å². The Morgan fingerprint density at radius 2 is 1.54 bits per heavy atom. The molecule has 1 heterocycles. The average Bonchev–Trinajstić information content (AvgIpc) is 3.14. The summed E-state index contributed by atoms with van der Waals surface area (Å²) in [4.78, 5) is 12.6. The lowest BCUT2D eigenvalue weighted by atomic mass is 10.2. The number of hydrogen-bond donors (Lipinski definition) is 0. The van der Waals surface area contributed by atoms with Crippen molar-refractivity contribution in [2.24, 2.45) is 11.0 Å². The van der Waals surface area contributed by atoms with Gasteiger partial charge in [0.05, 0.1) is 13.2 Å². The summed E-state index contributed by atoms with van der Waals surface area (Å²) in [5.41, 5.74) is 2.09. The molecule has 1 aliphatic rings. The number of ether oxygens (including phenoxy) is 3. The van der Waals surface area contributed by atoms with Crippen molar-refractivity contribution in [1.29, 1.82) is 0 Å². The number of hydrogen-bond acceptors (Lipinski definition) is 5. The van der Waals surface area contributed by atoms with Gasteiger partial charge < -0.3 is 14.2 Å². The van der Waals surface area contributed by atoms with Gasteiger partial charge in [-0.15, -0.1) is 5.10 Å². The van der Waals surface area contributed by atoms with Crippen molar-refractivity contribution < 1.29 is 19.0 Å². The number of rotatable bonds is 9. The highest BCUT2D eigenvalue weighted by atomic mass is 16.6. The van der Waals surface area contributed by atoms with Gasteiger partial charge >= 0.3 is 0 Å². The van der Waals surface area contributed by atoms with Crippen molar-refractivity contribution in [2.75, 3.05) is 13.2 Å². The summed E-state index contributed by atoms with van der Waals surface area (Å²) in [5.74, 6) is 0.271. The largest absolute Gasteiger partial charge is 0.452 e. The summed E-state index contributed by atoms with van der Waals surface area (Å²) in [5, 5.41) is 5.69. The van der Waals surface area contributed by atoms with Gasteiger partial charge in [0, 0.05) is 5.92 Å². The van der Waals surface area contributed by atoms with Crippen LogP contribution in [0.5, 0.6) is 0 Å². The molecule has 1 unspecified atom stereocenters. The molecule has 1 amide bonds. The fraction of sp³-hybridized carbons (Fsp3) is 0.364. The molecule has 3 rings (SSSR count). The van der Waals surface area contributed by atoms with E-state index < -0.39 is 6.23 Å². The Hall–Kier alpha value is -2.70. The number of carbonyl (C=O) groups is 1. The predicted octanol–water partition coefficient (Wildman–Crippen LogP) is 3.57. The molecular formula is C22H26N2O4. The molecule has 6 nitrogen and oxygen atoms in total. The molecule has 1 aliphatic heterocycles. The summed E-state index contributed by atoms with van der Waals surface area (Å²) in [7, 11) is 0. The second-order valence-electron chi connectivity index (χ2n) is 6.94. The Balaban J connectivity index is 1.50. The molecule has 148 valence electrons. The molecule has 0 saturated heterocycles. The predicted molar refractivity (Wildman–Crippen MR) is 106 cm³/mol. The zero-order chi connectivity index (χ0) is 19.8. The fourth-order valence-electron chi connectivity index (χ4n) is 2.80. The molecule has 28 heavy (non-hydrogen) atoms. The van der Waals surface area contributed by atoms with Crippen molar-refractivity contribution in [1.82, 2.24) is 5.01 Å². The third-order valence-electron chi connectivity index (χ3n) is 4.22.